The van der Waals surface area contributed by atoms with E-state index in [0.29, 0.717) is 11.1 Å². The summed E-state index contributed by atoms with van der Waals surface area (Å²) in [5.74, 6) is 0.179. The number of likely N-dealkylation sites (tertiary alicyclic amines) is 1. The van der Waals surface area contributed by atoms with Gasteiger partial charge in [-0.2, -0.15) is 0 Å². The second kappa shape index (κ2) is 9.13. The molecule has 5 nitrogen and oxygen atoms in total. The molecule has 2 aromatic carbocycles. The SMILES string of the molecule is COc1cc(/C=C/C(=O)c2ccc(O)c(C[NH+]3CCCCC3)c2)cc(Cl)c1O. The molecule has 0 atom stereocenters. The Morgan fingerprint density at radius 1 is 1.18 bits per heavy atom. The highest BCUT2D eigenvalue weighted by Crippen LogP contribution is 2.35. The number of rotatable bonds is 6. The highest BCUT2D eigenvalue weighted by molar-refractivity contribution is 6.32. The average molecular weight is 403 g/mol. The minimum Gasteiger partial charge on any atom is -0.507 e. The number of carbonyl (C=O) groups is 1. The van der Waals surface area contributed by atoms with Crippen molar-refractivity contribution in [1.82, 2.24) is 0 Å². The fourth-order valence-electron chi connectivity index (χ4n) is 3.49. The number of aromatic hydroxyl groups is 2. The molecule has 6 heteroatoms. The van der Waals surface area contributed by atoms with Crippen molar-refractivity contribution in [1.29, 1.82) is 0 Å². The molecule has 0 amide bonds. The van der Waals surface area contributed by atoms with Gasteiger partial charge in [-0.1, -0.05) is 17.7 Å². The van der Waals surface area contributed by atoms with Crippen LogP contribution in [0.5, 0.6) is 17.2 Å². The van der Waals surface area contributed by atoms with E-state index in [0.717, 1.165) is 25.2 Å². The number of nitrogens with one attached hydrogen (secondary N) is 1. The lowest BCUT2D eigenvalue weighted by Gasteiger charge is -2.23. The maximum Gasteiger partial charge on any atom is 0.185 e. The topological polar surface area (TPSA) is 71.2 Å². The third-order valence-corrected chi connectivity index (χ3v) is 5.35. The Labute approximate surface area is 169 Å². The van der Waals surface area contributed by atoms with Gasteiger partial charge in [0.1, 0.15) is 12.3 Å². The first-order chi connectivity index (χ1) is 13.5. The van der Waals surface area contributed by atoms with Gasteiger partial charge < -0.3 is 19.8 Å². The number of carbonyl (C=O) groups excluding carboxylic acids is 1. The zero-order valence-corrected chi connectivity index (χ0v) is 16.6. The van der Waals surface area contributed by atoms with Gasteiger partial charge in [-0.15, -0.1) is 0 Å². The minimum atomic E-state index is -0.168. The first-order valence-electron chi connectivity index (χ1n) is 9.42. The van der Waals surface area contributed by atoms with Crippen molar-refractivity contribution in [2.24, 2.45) is 0 Å². The molecular formula is C22H25ClNO4+. The summed E-state index contributed by atoms with van der Waals surface area (Å²) in [5.41, 5.74) is 1.97. The molecule has 1 fully saturated rings. The van der Waals surface area contributed by atoms with Gasteiger partial charge in [-0.3, -0.25) is 4.79 Å². The number of allylic oxidation sites excluding steroid dienone is 1. The van der Waals surface area contributed by atoms with Gasteiger partial charge in [0.15, 0.2) is 17.3 Å². The number of phenolic OH excluding ortho intramolecular Hbond substituents is 2. The predicted octanol–water partition coefficient (Wildman–Crippen LogP) is 3.22. The largest absolute Gasteiger partial charge is 0.507 e. The van der Waals surface area contributed by atoms with Gasteiger partial charge in [0.25, 0.3) is 0 Å². The molecule has 0 aromatic heterocycles. The van der Waals surface area contributed by atoms with Crippen LogP contribution in [0.25, 0.3) is 6.08 Å². The molecule has 1 heterocycles. The first kappa shape index (κ1) is 20.2. The zero-order valence-electron chi connectivity index (χ0n) is 15.9. The van der Waals surface area contributed by atoms with Crippen molar-refractivity contribution in [3.05, 3.63) is 58.1 Å². The van der Waals surface area contributed by atoms with E-state index in [2.05, 4.69) is 0 Å². The Morgan fingerprint density at radius 3 is 2.64 bits per heavy atom. The van der Waals surface area contributed by atoms with Crippen LogP contribution in [0, 0.1) is 0 Å². The van der Waals surface area contributed by atoms with Crippen LogP contribution < -0.4 is 9.64 Å². The van der Waals surface area contributed by atoms with E-state index >= 15 is 0 Å². The first-order valence-corrected chi connectivity index (χ1v) is 9.80. The molecule has 1 saturated heterocycles. The minimum absolute atomic E-state index is 0.129. The highest BCUT2D eigenvalue weighted by atomic mass is 35.5. The third kappa shape index (κ3) is 4.86. The molecule has 148 valence electrons. The van der Waals surface area contributed by atoms with Crippen LogP contribution in [0.3, 0.4) is 0 Å². The van der Waals surface area contributed by atoms with Crippen LogP contribution in [-0.4, -0.2) is 36.2 Å². The molecule has 1 aliphatic rings. The Morgan fingerprint density at radius 2 is 1.93 bits per heavy atom. The van der Waals surface area contributed by atoms with Crippen molar-refractivity contribution in [2.75, 3.05) is 20.2 Å². The normalized spacial score (nSPS) is 15.1. The Balaban J connectivity index is 1.76. The van der Waals surface area contributed by atoms with Gasteiger partial charge in [0, 0.05) is 11.1 Å². The standard InChI is InChI=1S/C22H24ClNO4/c1-28-21-12-15(11-18(23)22(21)27)5-7-19(25)16-6-8-20(26)17(13-16)14-24-9-3-2-4-10-24/h5-8,11-13,26-27H,2-4,9-10,14H2,1H3/p+1/b7-5+. The van der Waals surface area contributed by atoms with Gasteiger partial charge in [-0.25, -0.2) is 0 Å². The summed E-state index contributed by atoms with van der Waals surface area (Å²) in [6.45, 7) is 2.92. The second-order valence-electron chi connectivity index (χ2n) is 7.08. The number of methoxy groups -OCH3 is 1. The van der Waals surface area contributed by atoms with Crippen LogP contribution in [0.1, 0.15) is 40.7 Å². The van der Waals surface area contributed by atoms with Gasteiger partial charge in [0.05, 0.1) is 25.2 Å². The summed E-state index contributed by atoms with van der Waals surface area (Å²) in [4.78, 5) is 14.0. The van der Waals surface area contributed by atoms with Crippen LogP contribution in [0.2, 0.25) is 5.02 Å². The highest BCUT2D eigenvalue weighted by Gasteiger charge is 2.17. The summed E-state index contributed by atoms with van der Waals surface area (Å²) in [6.07, 6.45) is 6.75. The molecule has 0 unspecified atom stereocenters. The number of ketones is 1. The van der Waals surface area contributed by atoms with Crippen molar-refractivity contribution < 1.29 is 24.6 Å². The number of phenols is 2. The van der Waals surface area contributed by atoms with Crippen molar-refractivity contribution in [2.45, 2.75) is 25.8 Å². The van der Waals surface area contributed by atoms with Crippen LogP contribution in [-0.2, 0) is 6.54 Å². The van der Waals surface area contributed by atoms with Gasteiger partial charge in [-0.05, 0) is 61.2 Å². The maximum absolute atomic E-state index is 12.6. The lowest BCUT2D eigenvalue weighted by Crippen LogP contribution is -3.11. The molecule has 0 bridgehead atoms. The number of benzene rings is 2. The summed E-state index contributed by atoms with van der Waals surface area (Å²) in [6, 6.07) is 8.15. The molecule has 0 saturated carbocycles. The molecule has 3 N–H and O–H groups in total. The molecule has 0 spiro atoms. The van der Waals surface area contributed by atoms with Crippen molar-refractivity contribution in [3.8, 4) is 17.2 Å². The van der Waals surface area contributed by atoms with E-state index in [1.54, 1.807) is 36.4 Å². The number of hydrogen-bond acceptors (Lipinski definition) is 4. The third-order valence-electron chi connectivity index (χ3n) is 5.06. The molecule has 3 rings (SSSR count). The van der Waals surface area contributed by atoms with E-state index in [1.165, 1.54) is 37.3 Å². The number of quaternary nitrogens is 1. The van der Waals surface area contributed by atoms with E-state index in [-0.39, 0.29) is 28.1 Å². The molecule has 0 aliphatic carbocycles. The van der Waals surface area contributed by atoms with Gasteiger partial charge in [0.2, 0.25) is 0 Å². The maximum atomic E-state index is 12.6. The quantitative estimate of drug-likeness (QED) is 0.512. The average Bonchev–Trinajstić information content (AvgIpc) is 2.71. The number of halogens is 1. The zero-order chi connectivity index (χ0) is 20.1. The van der Waals surface area contributed by atoms with E-state index in [1.807, 2.05) is 0 Å². The smallest absolute Gasteiger partial charge is 0.185 e. The Hall–Kier alpha value is -2.50. The predicted molar refractivity (Wildman–Crippen MR) is 109 cm³/mol. The van der Waals surface area contributed by atoms with E-state index in [4.69, 9.17) is 16.3 Å². The Kier molecular flexibility index (Phi) is 6.60. The van der Waals surface area contributed by atoms with E-state index in [9.17, 15) is 15.0 Å². The molecule has 1 aliphatic heterocycles. The van der Waals surface area contributed by atoms with Crippen molar-refractivity contribution >= 4 is 23.5 Å². The molecule has 28 heavy (non-hydrogen) atoms. The van der Waals surface area contributed by atoms with Gasteiger partial charge >= 0.3 is 0 Å². The summed E-state index contributed by atoms with van der Waals surface area (Å²) < 4.78 is 5.08. The fraction of sp³-hybridized carbons (Fsp3) is 0.318. The summed E-state index contributed by atoms with van der Waals surface area (Å²) in [5, 5.41) is 20.1. The number of hydrogen-bond donors (Lipinski definition) is 3. The van der Waals surface area contributed by atoms with E-state index < -0.39 is 0 Å². The van der Waals surface area contributed by atoms with Crippen molar-refractivity contribution in [3.63, 3.8) is 0 Å². The lowest BCUT2D eigenvalue weighted by molar-refractivity contribution is -0.918. The lowest BCUT2D eigenvalue weighted by atomic mass is 10.0. The molecule has 2 aromatic rings. The fourth-order valence-corrected chi connectivity index (χ4v) is 3.71. The Bertz CT molecular complexity index is 888. The van der Waals surface area contributed by atoms with Crippen LogP contribution in [0.4, 0.5) is 0 Å². The molecular weight excluding hydrogens is 378 g/mol. The van der Waals surface area contributed by atoms with Crippen LogP contribution in [0.15, 0.2) is 36.4 Å². The summed E-state index contributed by atoms with van der Waals surface area (Å²) >= 11 is 5.98. The second-order valence-corrected chi connectivity index (χ2v) is 7.49. The molecule has 0 radical (unpaired) electrons. The van der Waals surface area contributed by atoms with Crippen LogP contribution >= 0.6 is 11.6 Å². The number of piperidine rings is 1. The summed E-state index contributed by atoms with van der Waals surface area (Å²) in [7, 11) is 1.44. The monoisotopic (exact) mass is 402 g/mol. The number of ether oxygens (including phenoxy) is 1.